The quantitative estimate of drug-likeness (QED) is 0.237. The Balaban J connectivity index is 2.69. The van der Waals surface area contributed by atoms with Crippen LogP contribution in [0.1, 0.15) is 27.2 Å². The third-order valence-electron chi connectivity index (χ3n) is 4.28. The molecular formula is C21H32N3O6P. The zero-order valence-corrected chi connectivity index (χ0v) is 19.5. The lowest BCUT2D eigenvalue weighted by Crippen LogP contribution is -2.39. The van der Waals surface area contributed by atoms with Crippen LogP contribution in [0.15, 0.2) is 42.6 Å². The second-order valence-corrected chi connectivity index (χ2v) is 8.64. The summed E-state index contributed by atoms with van der Waals surface area (Å²) in [6.07, 6.45) is 4.37. The first kappa shape index (κ1) is 26.7. The Bertz CT molecular complexity index is 716. The topological polar surface area (TPSA) is 106 Å². The Morgan fingerprint density at radius 1 is 1.26 bits per heavy atom. The number of carbonyl (C=O) groups excluding carboxylic acids is 3. The Hall–Kier alpha value is -2.32. The molecule has 31 heavy (non-hydrogen) atoms. The van der Waals surface area contributed by atoms with Gasteiger partial charge in [0.15, 0.2) is 0 Å². The van der Waals surface area contributed by atoms with Crippen LogP contribution in [0.4, 0.5) is 0 Å². The summed E-state index contributed by atoms with van der Waals surface area (Å²) < 4.78 is 17.4. The van der Waals surface area contributed by atoms with Crippen molar-refractivity contribution in [2.45, 2.75) is 44.9 Å². The molecule has 0 fully saturated rings. The number of para-hydroxylation sites is 1. The summed E-state index contributed by atoms with van der Waals surface area (Å²) in [4.78, 5) is 34.8. The van der Waals surface area contributed by atoms with Crippen molar-refractivity contribution >= 4 is 27.1 Å². The maximum absolute atomic E-state index is 11.4. The molecule has 3 atom stereocenters. The molecule has 172 valence electrons. The smallest absolute Gasteiger partial charge is 0.319 e. The number of ether oxygens (including phenoxy) is 1. The minimum absolute atomic E-state index is 0.0227. The second kappa shape index (κ2) is 13.9. The molecule has 0 spiro atoms. The van der Waals surface area contributed by atoms with E-state index in [0.29, 0.717) is 18.6 Å². The molecule has 9 nitrogen and oxygen atoms in total. The lowest BCUT2D eigenvalue weighted by molar-refractivity contribution is -0.121. The number of methoxy groups -OCH3 is 1. The third-order valence-corrected chi connectivity index (χ3v) is 5.80. The Morgan fingerprint density at radius 2 is 1.94 bits per heavy atom. The maximum atomic E-state index is 11.4. The summed E-state index contributed by atoms with van der Waals surface area (Å²) in [6, 6.07) is 9.24. The summed E-state index contributed by atoms with van der Waals surface area (Å²) in [5, 5.41) is 5.14. The van der Waals surface area contributed by atoms with Gasteiger partial charge in [0.05, 0.1) is 18.2 Å². The first-order chi connectivity index (χ1) is 14.7. The van der Waals surface area contributed by atoms with Crippen molar-refractivity contribution in [1.82, 2.24) is 15.3 Å². The van der Waals surface area contributed by atoms with E-state index in [1.54, 1.807) is 27.2 Å². The molecule has 0 heterocycles. The van der Waals surface area contributed by atoms with E-state index in [0.717, 1.165) is 6.29 Å². The van der Waals surface area contributed by atoms with E-state index in [1.165, 1.54) is 6.08 Å². The average molecular weight is 453 g/mol. The van der Waals surface area contributed by atoms with E-state index in [9.17, 15) is 14.4 Å². The van der Waals surface area contributed by atoms with Crippen LogP contribution in [0.25, 0.3) is 0 Å². The minimum atomic E-state index is -1.60. The van der Waals surface area contributed by atoms with Gasteiger partial charge in [-0.3, -0.25) is 14.9 Å². The highest BCUT2D eigenvalue weighted by Crippen LogP contribution is 2.37. The molecule has 0 aliphatic heterocycles. The summed E-state index contributed by atoms with van der Waals surface area (Å²) in [5.74, 6) is 0.136. The van der Waals surface area contributed by atoms with Gasteiger partial charge in [0.1, 0.15) is 12.0 Å². The van der Waals surface area contributed by atoms with Gasteiger partial charge in [-0.2, -0.15) is 0 Å². The largest absolute Gasteiger partial charge is 0.436 e. The molecule has 0 aromatic heterocycles. The fourth-order valence-electron chi connectivity index (χ4n) is 2.29. The van der Waals surface area contributed by atoms with Crippen molar-refractivity contribution in [3.05, 3.63) is 42.6 Å². The van der Waals surface area contributed by atoms with Crippen LogP contribution in [-0.4, -0.2) is 62.0 Å². The first-order valence-electron chi connectivity index (χ1n) is 9.78. The molecule has 10 heteroatoms. The highest BCUT2D eigenvalue weighted by atomic mass is 31.2. The molecule has 0 saturated heterocycles. The van der Waals surface area contributed by atoms with Crippen molar-refractivity contribution in [1.29, 1.82) is 0 Å². The number of hydrogen-bond acceptors (Lipinski definition) is 8. The van der Waals surface area contributed by atoms with Gasteiger partial charge in [-0.1, -0.05) is 18.2 Å². The predicted molar refractivity (Wildman–Crippen MR) is 119 cm³/mol. The van der Waals surface area contributed by atoms with E-state index < -0.39 is 20.0 Å². The lowest BCUT2D eigenvalue weighted by atomic mass is 10.1. The van der Waals surface area contributed by atoms with Crippen molar-refractivity contribution in [2.24, 2.45) is 0 Å². The number of nitrogens with zero attached hydrogens (tertiary/aromatic N) is 1. The highest BCUT2D eigenvalue weighted by Gasteiger charge is 2.26. The van der Waals surface area contributed by atoms with Crippen LogP contribution in [0.5, 0.6) is 5.75 Å². The molecule has 1 aromatic carbocycles. The average Bonchev–Trinajstić information content (AvgIpc) is 2.75. The fourth-order valence-corrected chi connectivity index (χ4v) is 3.59. The van der Waals surface area contributed by atoms with Crippen LogP contribution in [0.2, 0.25) is 0 Å². The standard InChI is InChI=1S/C21H32N3O6P/c1-17(24(4)12-11-20(27)22-16-26)13-19(28-5)14-29-31(23-21(2,3)15-25)30-18-9-7-6-8-10-18/h6-12,15-17,19,23H,13-14H2,1-5H3,(H,22,26,27)/b12-11-. The number of imide groups is 1. The molecule has 3 unspecified atom stereocenters. The molecule has 2 N–H and O–H groups in total. The normalized spacial score (nSPS) is 14.5. The van der Waals surface area contributed by atoms with Gasteiger partial charge in [-0.25, -0.2) is 5.09 Å². The molecule has 0 radical (unpaired) electrons. The van der Waals surface area contributed by atoms with Crippen molar-refractivity contribution in [3.8, 4) is 5.75 Å². The molecule has 1 aromatic rings. The lowest BCUT2D eigenvalue weighted by Gasteiger charge is -2.29. The van der Waals surface area contributed by atoms with Crippen LogP contribution < -0.4 is 14.9 Å². The second-order valence-electron chi connectivity index (χ2n) is 7.46. The van der Waals surface area contributed by atoms with Gasteiger partial charge in [0, 0.05) is 32.5 Å². The van der Waals surface area contributed by atoms with E-state index in [2.05, 4.69) is 5.09 Å². The van der Waals surface area contributed by atoms with E-state index >= 15 is 0 Å². The number of hydrogen-bond donors (Lipinski definition) is 2. The van der Waals surface area contributed by atoms with Gasteiger partial charge >= 0.3 is 8.53 Å². The number of amides is 2. The van der Waals surface area contributed by atoms with Gasteiger partial charge in [0.2, 0.25) is 6.41 Å². The number of benzene rings is 1. The molecule has 1 rings (SSSR count). The van der Waals surface area contributed by atoms with Gasteiger partial charge < -0.3 is 23.5 Å². The van der Waals surface area contributed by atoms with Crippen LogP contribution >= 0.6 is 8.53 Å². The zero-order valence-electron chi connectivity index (χ0n) is 18.6. The number of aldehydes is 1. The molecule has 0 aliphatic rings. The number of nitrogens with one attached hydrogen (secondary N) is 2. The van der Waals surface area contributed by atoms with Crippen LogP contribution in [0.3, 0.4) is 0 Å². The number of rotatable bonds is 15. The summed E-state index contributed by atoms with van der Waals surface area (Å²) >= 11 is 0. The van der Waals surface area contributed by atoms with Crippen molar-refractivity contribution in [3.63, 3.8) is 0 Å². The van der Waals surface area contributed by atoms with Crippen LogP contribution in [0, 0.1) is 0 Å². The Labute approximate surface area is 185 Å². The molecule has 2 amide bonds. The highest BCUT2D eigenvalue weighted by molar-refractivity contribution is 7.45. The monoisotopic (exact) mass is 453 g/mol. The van der Waals surface area contributed by atoms with E-state index in [4.69, 9.17) is 13.8 Å². The zero-order chi connectivity index (χ0) is 23.3. The van der Waals surface area contributed by atoms with Crippen molar-refractivity contribution < 1.29 is 28.2 Å². The number of carbonyl (C=O) groups is 3. The summed E-state index contributed by atoms with van der Waals surface area (Å²) in [7, 11) is 1.81. The van der Waals surface area contributed by atoms with Crippen molar-refractivity contribution in [2.75, 3.05) is 20.8 Å². The van der Waals surface area contributed by atoms with Gasteiger partial charge in [0.25, 0.3) is 5.91 Å². The molecule has 0 aliphatic carbocycles. The third kappa shape index (κ3) is 11.0. The summed E-state index contributed by atoms with van der Waals surface area (Å²) in [5.41, 5.74) is -0.816. The molecular weight excluding hydrogens is 421 g/mol. The van der Waals surface area contributed by atoms with E-state index in [1.807, 2.05) is 54.5 Å². The SMILES string of the molecule is COC(COP(NC(C)(C)C=O)Oc1ccccc1)CC(C)N(C)/C=C\C(=O)NC=O. The predicted octanol–water partition coefficient (Wildman–Crippen LogP) is 2.39. The first-order valence-corrected chi connectivity index (χ1v) is 11.0. The Kier molecular flexibility index (Phi) is 12.0. The van der Waals surface area contributed by atoms with Crippen LogP contribution in [-0.2, 0) is 23.6 Å². The van der Waals surface area contributed by atoms with Gasteiger partial charge in [-0.15, -0.1) is 0 Å². The minimum Gasteiger partial charge on any atom is -0.436 e. The van der Waals surface area contributed by atoms with Gasteiger partial charge in [-0.05, 0) is 39.3 Å². The molecule has 0 saturated carbocycles. The fraction of sp³-hybridized carbons (Fsp3) is 0.476. The Morgan fingerprint density at radius 3 is 2.52 bits per heavy atom. The van der Waals surface area contributed by atoms with E-state index in [-0.39, 0.29) is 18.8 Å². The summed E-state index contributed by atoms with van der Waals surface area (Å²) in [6.45, 7) is 5.70. The molecule has 0 bridgehead atoms. The maximum Gasteiger partial charge on any atom is 0.319 e.